The number of nitrogens with zero attached hydrogens (tertiary/aromatic N) is 3. The summed E-state index contributed by atoms with van der Waals surface area (Å²) >= 11 is 0. The predicted molar refractivity (Wildman–Crippen MR) is 132 cm³/mol. The van der Waals surface area contributed by atoms with Crippen LogP contribution >= 0.6 is 0 Å². The Morgan fingerprint density at radius 1 is 1.24 bits per heavy atom. The largest absolute Gasteiger partial charge is 0.573 e. The molecule has 1 amide bonds. The molecule has 1 aromatic carbocycles. The van der Waals surface area contributed by atoms with Crippen molar-refractivity contribution in [1.82, 2.24) is 25.1 Å². The van der Waals surface area contributed by atoms with Crippen LogP contribution in [0.15, 0.2) is 36.5 Å². The van der Waals surface area contributed by atoms with Gasteiger partial charge in [-0.25, -0.2) is 4.98 Å². The Balaban J connectivity index is 1.19. The number of imidazole rings is 1. The van der Waals surface area contributed by atoms with E-state index in [0.29, 0.717) is 49.3 Å². The number of aromatic amines is 1. The molecule has 200 valence electrons. The number of alkyl halides is 3. The van der Waals surface area contributed by atoms with Gasteiger partial charge in [0.1, 0.15) is 17.4 Å². The van der Waals surface area contributed by atoms with Gasteiger partial charge in [0.2, 0.25) is 5.91 Å². The number of hydrogen-bond acceptors (Lipinski definition) is 6. The Hall–Kier alpha value is -3.38. The second-order valence-corrected chi connectivity index (χ2v) is 9.10. The number of piperidine rings is 1. The van der Waals surface area contributed by atoms with Crippen molar-refractivity contribution >= 4 is 17.8 Å². The van der Waals surface area contributed by atoms with Crippen molar-refractivity contribution in [3.63, 3.8) is 0 Å². The first-order valence-electron chi connectivity index (χ1n) is 12.2. The Morgan fingerprint density at radius 3 is 2.73 bits per heavy atom. The van der Waals surface area contributed by atoms with Crippen molar-refractivity contribution in [2.45, 2.75) is 19.2 Å². The monoisotopic (exact) mass is 520 g/mol. The molecule has 37 heavy (non-hydrogen) atoms. The molecule has 12 heteroatoms. The molecule has 0 spiro atoms. The van der Waals surface area contributed by atoms with Gasteiger partial charge in [-0.2, -0.15) is 0 Å². The molecular formula is C25H31F3N6O3. The smallest absolute Gasteiger partial charge is 0.406 e. The third-order valence-electron chi connectivity index (χ3n) is 6.39. The van der Waals surface area contributed by atoms with Crippen molar-refractivity contribution in [2.75, 3.05) is 52.5 Å². The highest BCUT2D eigenvalue weighted by Crippen LogP contribution is 2.27. The maximum Gasteiger partial charge on any atom is 0.573 e. The van der Waals surface area contributed by atoms with Crippen molar-refractivity contribution in [2.24, 2.45) is 5.92 Å². The van der Waals surface area contributed by atoms with Gasteiger partial charge in [-0.15, -0.1) is 13.2 Å². The first-order chi connectivity index (χ1) is 17.7. The zero-order valence-corrected chi connectivity index (χ0v) is 20.4. The van der Waals surface area contributed by atoms with Gasteiger partial charge in [0.25, 0.3) is 0 Å². The first kappa shape index (κ1) is 26.7. The number of H-pyrrole nitrogens is 1. The molecule has 2 fully saturated rings. The Kier molecular flexibility index (Phi) is 8.82. The third kappa shape index (κ3) is 8.32. The highest BCUT2D eigenvalue weighted by Gasteiger charge is 2.31. The summed E-state index contributed by atoms with van der Waals surface area (Å²) in [6, 6.07) is 5.63. The van der Waals surface area contributed by atoms with Crippen molar-refractivity contribution in [3.05, 3.63) is 42.4 Å². The lowest BCUT2D eigenvalue weighted by atomic mass is 9.96. The second kappa shape index (κ2) is 12.2. The average Bonchev–Trinajstić information content (AvgIpc) is 3.35. The molecule has 9 nitrogen and oxygen atoms in total. The van der Waals surface area contributed by atoms with Crippen LogP contribution in [0.25, 0.3) is 17.3 Å². The predicted octanol–water partition coefficient (Wildman–Crippen LogP) is 3.13. The van der Waals surface area contributed by atoms with Crippen molar-refractivity contribution in [1.29, 1.82) is 5.41 Å². The highest BCUT2D eigenvalue weighted by molar-refractivity contribution is 5.93. The summed E-state index contributed by atoms with van der Waals surface area (Å²) in [7, 11) is 0. The van der Waals surface area contributed by atoms with Crippen LogP contribution in [0.5, 0.6) is 5.75 Å². The molecule has 2 aliphatic rings. The van der Waals surface area contributed by atoms with Gasteiger partial charge in [-0.05, 0) is 43.0 Å². The maximum absolute atomic E-state index is 12.5. The van der Waals surface area contributed by atoms with Gasteiger partial charge < -0.3 is 24.7 Å². The molecule has 0 radical (unpaired) electrons. The van der Waals surface area contributed by atoms with Gasteiger partial charge >= 0.3 is 6.36 Å². The lowest BCUT2D eigenvalue weighted by molar-refractivity contribution is -0.274. The summed E-state index contributed by atoms with van der Waals surface area (Å²) in [6.45, 7) is 5.49. The topological polar surface area (TPSA) is 107 Å². The lowest BCUT2D eigenvalue weighted by Gasteiger charge is -2.34. The van der Waals surface area contributed by atoms with E-state index in [1.807, 2.05) is 4.90 Å². The van der Waals surface area contributed by atoms with Crippen LogP contribution in [0.2, 0.25) is 0 Å². The van der Waals surface area contributed by atoms with Crippen LogP contribution in [0.3, 0.4) is 0 Å². The van der Waals surface area contributed by atoms with Gasteiger partial charge in [0.15, 0.2) is 0 Å². The zero-order valence-electron chi connectivity index (χ0n) is 20.4. The summed E-state index contributed by atoms with van der Waals surface area (Å²) in [4.78, 5) is 23.8. The van der Waals surface area contributed by atoms with E-state index in [9.17, 15) is 18.0 Å². The third-order valence-corrected chi connectivity index (χ3v) is 6.39. The number of carbonyl (C=O) groups is 1. The van der Waals surface area contributed by atoms with Crippen LogP contribution in [-0.2, 0) is 9.53 Å². The molecular weight excluding hydrogens is 489 g/mol. The van der Waals surface area contributed by atoms with E-state index >= 15 is 0 Å². The molecule has 0 atom stereocenters. The highest BCUT2D eigenvalue weighted by atomic mass is 19.4. The van der Waals surface area contributed by atoms with E-state index in [-0.39, 0.29) is 17.5 Å². The fourth-order valence-corrected chi connectivity index (χ4v) is 4.34. The normalized spacial score (nSPS) is 17.8. The molecule has 2 aliphatic heterocycles. The minimum Gasteiger partial charge on any atom is -0.406 e. The van der Waals surface area contributed by atoms with Crippen LogP contribution in [0.4, 0.5) is 13.2 Å². The van der Waals surface area contributed by atoms with Crippen molar-refractivity contribution in [3.8, 4) is 17.0 Å². The second-order valence-electron chi connectivity index (χ2n) is 9.10. The molecule has 3 N–H and O–H groups in total. The number of hydrogen-bond donors (Lipinski definition) is 3. The van der Waals surface area contributed by atoms with Crippen LogP contribution in [0.1, 0.15) is 18.7 Å². The van der Waals surface area contributed by atoms with Gasteiger partial charge in [-0.1, -0.05) is 12.1 Å². The SMILES string of the molecule is N=C(/C=C\c1ncc(-c2cccc(OC(F)(F)F)c2)[nH]1)NCC1CCN(C(=O)CN2CCOCC2)CC1. The molecule has 2 aromatic rings. The van der Waals surface area contributed by atoms with E-state index in [2.05, 4.69) is 24.9 Å². The van der Waals surface area contributed by atoms with Crippen LogP contribution < -0.4 is 10.1 Å². The van der Waals surface area contributed by atoms with Crippen LogP contribution in [-0.4, -0.2) is 90.4 Å². The van der Waals surface area contributed by atoms with Crippen LogP contribution in [0, 0.1) is 11.3 Å². The quantitative estimate of drug-likeness (QED) is 0.365. The summed E-state index contributed by atoms with van der Waals surface area (Å²) < 4.78 is 46.7. The molecule has 0 bridgehead atoms. The number of halogens is 3. The molecule has 0 saturated carbocycles. The fraction of sp³-hybridized carbons (Fsp3) is 0.480. The number of nitrogens with one attached hydrogen (secondary N) is 3. The standard InChI is InChI=1S/C25H31F3N6O3/c26-25(27,28)37-20-3-1-2-19(14-20)21-16-31-23(32-21)5-4-22(29)30-15-18-6-8-34(9-7-18)24(35)17-33-10-12-36-13-11-33/h1-5,14,16,18H,6-13,15,17H2,(H2,29,30)(H,31,32)/b5-4-. The van der Waals surface area contributed by atoms with E-state index in [4.69, 9.17) is 10.1 Å². The maximum atomic E-state index is 12.5. The number of morpholine rings is 1. The van der Waals surface area contributed by atoms with Gasteiger partial charge in [0.05, 0.1) is 31.6 Å². The molecule has 2 saturated heterocycles. The Bertz CT molecular complexity index is 1090. The number of ether oxygens (including phenoxy) is 2. The number of amides is 1. The van der Waals surface area contributed by atoms with E-state index in [1.165, 1.54) is 24.4 Å². The lowest BCUT2D eigenvalue weighted by Crippen LogP contribution is -2.47. The molecule has 0 unspecified atom stereocenters. The fourth-order valence-electron chi connectivity index (χ4n) is 4.34. The summed E-state index contributed by atoms with van der Waals surface area (Å²) in [5.41, 5.74) is 1.03. The number of rotatable bonds is 8. The van der Waals surface area contributed by atoms with Gasteiger partial charge in [-0.3, -0.25) is 15.1 Å². The van der Waals surface area contributed by atoms with Crippen molar-refractivity contribution < 1.29 is 27.4 Å². The van der Waals surface area contributed by atoms with Gasteiger partial charge in [0, 0.05) is 38.3 Å². The van der Waals surface area contributed by atoms with E-state index in [0.717, 1.165) is 39.0 Å². The van der Waals surface area contributed by atoms with E-state index in [1.54, 1.807) is 18.2 Å². The molecule has 4 rings (SSSR count). The number of amidine groups is 1. The summed E-state index contributed by atoms with van der Waals surface area (Å²) in [5.74, 6) is 0.930. The number of aromatic nitrogens is 2. The Labute approximate surface area is 213 Å². The van der Waals surface area contributed by atoms with E-state index < -0.39 is 6.36 Å². The minimum atomic E-state index is -4.76. The first-order valence-corrected chi connectivity index (χ1v) is 12.2. The number of likely N-dealkylation sites (tertiary alicyclic amines) is 1. The summed E-state index contributed by atoms with van der Waals surface area (Å²) in [6.07, 6.45) is 1.73. The zero-order chi connectivity index (χ0) is 26.3. The molecule has 1 aromatic heterocycles. The Morgan fingerprint density at radius 2 is 2.00 bits per heavy atom. The average molecular weight is 521 g/mol. The summed E-state index contributed by atoms with van der Waals surface area (Å²) in [5, 5.41) is 11.3. The number of carbonyl (C=O) groups excluding carboxylic acids is 1. The minimum absolute atomic E-state index is 0.168. The molecule has 0 aliphatic carbocycles. The number of benzene rings is 1. The molecule has 3 heterocycles.